The molecule has 2 N–H and O–H groups in total. The normalized spacial score (nSPS) is 24.6. The lowest BCUT2D eigenvalue weighted by atomic mass is 9.89. The summed E-state index contributed by atoms with van der Waals surface area (Å²) in [5.74, 6) is -0.743. The van der Waals surface area contributed by atoms with E-state index in [1.807, 2.05) is 24.3 Å². The lowest BCUT2D eigenvalue weighted by Crippen LogP contribution is -2.49. The first-order valence-electron chi connectivity index (χ1n) is 5.35. The summed E-state index contributed by atoms with van der Waals surface area (Å²) in [6.45, 7) is 0.794. The lowest BCUT2D eigenvalue weighted by molar-refractivity contribution is -0.144. The molecule has 0 saturated carbocycles. The zero-order valence-electron chi connectivity index (χ0n) is 8.87. The molecule has 86 valence electrons. The van der Waals surface area contributed by atoms with Crippen molar-refractivity contribution in [3.8, 4) is 0 Å². The second-order valence-corrected chi connectivity index (χ2v) is 5.14. The van der Waals surface area contributed by atoms with Crippen molar-refractivity contribution in [2.45, 2.75) is 24.8 Å². The van der Waals surface area contributed by atoms with Gasteiger partial charge in [-0.05, 0) is 37.1 Å². The summed E-state index contributed by atoms with van der Waals surface area (Å²) < 4.78 is 1.01. The van der Waals surface area contributed by atoms with Crippen LogP contribution in [0, 0.1) is 0 Å². The Hall–Kier alpha value is -0.870. The van der Waals surface area contributed by atoms with Gasteiger partial charge in [-0.1, -0.05) is 28.1 Å². The van der Waals surface area contributed by atoms with Crippen LogP contribution in [-0.2, 0) is 11.2 Å². The molecule has 0 radical (unpaired) electrons. The highest BCUT2D eigenvalue weighted by molar-refractivity contribution is 9.10. The van der Waals surface area contributed by atoms with Gasteiger partial charge in [-0.2, -0.15) is 0 Å². The molecule has 1 unspecified atom stereocenters. The molecule has 1 aliphatic heterocycles. The van der Waals surface area contributed by atoms with E-state index in [0.29, 0.717) is 12.8 Å². The minimum Gasteiger partial charge on any atom is -0.480 e. The molecule has 3 nitrogen and oxygen atoms in total. The highest BCUT2D eigenvalue weighted by Crippen LogP contribution is 2.25. The fourth-order valence-electron chi connectivity index (χ4n) is 2.17. The van der Waals surface area contributed by atoms with Crippen LogP contribution in [0.15, 0.2) is 28.7 Å². The molecular formula is C12H14BrNO2. The number of nitrogens with one attached hydrogen (secondary N) is 1. The molecule has 0 amide bonds. The van der Waals surface area contributed by atoms with Crippen LogP contribution in [0.3, 0.4) is 0 Å². The van der Waals surface area contributed by atoms with Crippen LogP contribution in [0.1, 0.15) is 18.4 Å². The molecule has 1 fully saturated rings. The molecule has 16 heavy (non-hydrogen) atoms. The van der Waals surface area contributed by atoms with Gasteiger partial charge in [0, 0.05) is 10.9 Å². The first kappa shape index (κ1) is 11.6. The number of carboxylic acid groups (broad SMARTS) is 1. The molecular weight excluding hydrogens is 270 g/mol. The Labute approximate surface area is 103 Å². The van der Waals surface area contributed by atoms with E-state index >= 15 is 0 Å². The zero-order chi connectivity index (χ0) is 11.6. The largest absolute Gasteiger partial charge is 0.480 e. The van der Waals surface area contributed by atoms with E-state index in [2.05, 4.69) is 21.2 Å². The maximum Gasteiger partial charge on any atom is 0.324 e. The van der Waals surface area contributed by atoms with Crippen LogP contribution in [0.4, 0.5) is 0 Å². The van der Waals surface area contributed by atoms with Crippen LogP contribution in [-0.4, -0.2) is 23.2 Å². The summed E-state index contributed by atoms with van der Waals surface area (Å²) in [4.78, 5) is 11.3. The van der Waals surface area contributed by atoms with Gasteiger partial charge >= 0.3 is 5.97 Å². The van der Waals surface area contributed by atoms with E-state index in [1.54, 1.807) is 0 Å². The second kappa shape index (κ2) is 4.55. The molecule has 0 aliphatic carbocycles. The monoisotopic (exact) mass is 283 g/mol. The fraction of sp³-hybridized carbons (Fsp3) is 0.417. The van der Waals surface area contributed by atoms with E-state index in [0.717, 1.165) is 23.0 Å². The summed E-state index contributed by atoms with van der Waals surface area (Å²) in [7, 11) is 0. The molecule has 1 saturated heterocycles. The standard InChI is InChI=1S/C12H14BrNO2/c13-10-4-2-9(3-5-10)8-12(11(15)16)6-1-7-14-12/h2-5,14H,1,6-8H2,(H,15,16). The average Bonchev–Trinajstić information content (AvgIpc) is 2.71. The maximum atomic E-state index is 11.3. The van der Waals surface area contributed by atoms with Crippen molar-refractivity contribution in [3.63, 3.8) is 0 Å². The van der Waals surface area contributed by atoms with Crippen LogP contribution < -0.4 is 5.32 Å². The lowest BCUT2D eigenvalue weighted by Gasteiger charge is -2.24. The molecule has 1 aromatic rings. The van der Waals surface area contributed by atoms with E-state index in [9.17, 15) is 9.90 Å². The van der Waals surface area contributed by atoms with Crippen molar-refractivity contribution in [2.24, 2.45) is 0 Å². The minimum absolute atomic E-state index is 0.551. The number of benzene rings is 1. The van der Waals surface area contributed by atoms with E-state index in [-0.39, 0.29) is 0 Å². The third kappa shape index (κ3) is 2.28. The molecule has 1 heterocycles. The van der Waals surface area contributed by atoms with E-state index < -0.39 is 11.5 Å². The molecule has 0 aromatic heterocycles. The summed E-state index contributed by atoms with van der Waals surface area (Å²) in [6.07, 6.45) is 2.19. The fourth-order valence-corrected chi connectivity index (χ4v) is 2.43. The van der Waals surface area contributed by atoms with Crippen LogP contribution in [0.5, 0.6) is 0 Å². The Morgan fingerprint density at radius 1 is 1.44 bits per heavy atom. The Morgan fingerprint density at radius 2 is 2.12 bits per heavy atom. The second-order valence-electron chi connectivity index (χ2n) is 4.22. The van der Waals surface area contributed by atoms with Gasteiger partial charge in [-0.15, -0.1) is 0 Å². The minimum atomic E-state index is -0.756. The van der Waals surface area contributed by atoms with Crippen LogP contribution in [0.2, 0.25) is 0 Å². The molecule has 0 spiro atoms. The predicted molar refractivity (Wildman–Crippen MR) is 65.4 cm³/mol. The third-order valence-corrected chi connectivity index (χ3v) is 3.60. The maximum absolute atomic E-state index is 11.3. The van der Waals surface area contributed by atoms with Gasteiger partial charge in [0.1, 0.15) is 5.54 Å². The van der Waals surface area contributed by atoms with Gasteiger partial charge in [0.15, 0.2) is 0 Å². The Balaban J connectivity index is 2.18. The molecule has 1 aliphatic rings. The quantitative estimate of drug-likeness (QED) is 0.894. The summed E-state index contributed by atoms with van der Waals surface area (Å²) >= 11 is 3.37. The molecule has 1 aromatic carbocycles. The molecule has 4 heteroatoms. The smallest absolute Gasteiger partial charge is 0.324 e. The van der Waals surface area contributed by atoms with Gasteiger partial charge in [0.05, 0.1) is 0 Å². The number of hydrogen-bond acceptors (Lipinski definition) is 2. The van der Waals surface area contributed by atoms with Gasteiger partial charge in [0.2, 0.25) is 0 Å². The van der Waals surface area contributed by atoms with Crippen molar-refractivity contribution >= 4 is 21.9 Å². The number of aliphatic carboxylic acids is 1. The zero-order valence-corrected chi connectivity index (χ0v) is 10.5. The topological polar surface area (TPSA) is 49.3 Å². The number of carbonyl (C=O) groups is 1. The summed E-state index contributed by atoms with van der Waals surface area (Å²) in [5, 5.41) is 12.4. The van der Waals surface area contributed by atoms with Crippen molar-refractivity contribution in [2.75, 3.05) is 6.54 Å². The van der Waals surface area contributed by atoms with Crippen LogP contribution >= 0.6 is 15.9 Å². The number of halogens is 1. The van der Waals surface area contributed by atoms with E-state index in [4.69, 9.17) is 0 Å². The first-order valence-corrected chi connectivity index (χ1v) is 6.15. The Bertz CT molecular complexity index is 383. The molecule has 0 bridgehead atoms. The number of carboxylic acids is 1. The van der Waals surface area contributed by atoms with Crippen LogP contribution in [0.25, 0.3) is 0 Å². The van der Waals surface area contributed by atoms with E-state index in [1.165, 1.54) is 0 Å². The average molecular weight is 284 g/mol. The van der Waals surface area contributed by atoms with Crippen molar-refractivity contribution < 1.29 is 9.90 Å². The van der Waals surface area contributed by atoms with Gasteiger partial charge in [0.25, 0.3) is 0 Å². The van der Waals surface area contributed by atoms with Crippen molar-refractivity contribution in [1.29, 1.82) is 0 Å². The molecule has 2 rings (SSSR count). The SMILES string of the molecule is O=C(O)C1(Cc2ccc(Br)cc2)CCCN1. The first-order chi connectivity index (χ1) is 7.62. The number of hydrogen-bond donors (Lipinski definition) is 2. The summed E-state index contributed by atoms with van der Waals surface area (Å²) in [6, 6.07) is 7.82. The third-order valence-electron chi connectivity index (χ3n) is 3.07. The predicted octanol–water partition coefficient (Wildman–Crippen LogP) is 2.20. The van der Waals surface area contributed by atoms with Gasteiger partial charge < -0.3 is 10.4 Å². The van der Waals surface area contributed by atoms with Crippen molar-refractivity contribution in [3.05, 3.63) is 34.3 Å². The van der Waals surface area contributed by atoms with Gasteiger partial charge in [-0.25, -0.2) is 0 Å². The highest BCUT2D eigenvalue weighted by Gasteiger charge is 2.40. The van der Waals surface area contributed by atoms with Crippen molar-refractivity contribution in [1.82, 2.24) is 5.32 Å². The molecule has 1 atom stereocenters. The number of rotatable bonds is 3. The highest BCUT2D eigenvalue weighted by atomic mass is 79.9. The Kier molecular flexibility index (Phi) is 3.30. The van der Waals surface area contributed by atoms with Gasteiger partial charge in [-0.3, -0.25) is 4.79 Å². The summed E-state index contributed by atoms with van der Waals surface area (Å²) in [5.41, 5.74) is 0.299. The Morgan fingerprint density at radius 3 is 2.62 bits per heavy atom.